The predicted octanol–water partition coefficient (Wildman–Crippen LogP) is 6.44. The normalized spacial score (nSPS) is 11.1. The molecule has 0 aliphatic heterocycles. The van der Waals surface area contributed by atoms with Gasteiger partial charge in [0, 0.05) is 29.4 Å². The number of fused-ring (bicyclic) bond motifs is 3. The Hall–Kier alpha value is -4.71. The highest BCUT2D eigenvalue weighted by Gasteiger charge is 2.14. The van der Waals surface area contributed by atoms with Crippen molar-refractivity contribution < 1.29 is 9.47 Å². The molecular formula is C28H20N4O2. The van der Waals surface area contributed by atoms with Crippen molar-refractivity contribution in [3.05, 3.63) is 104 Å². The Labute approximate surface area is 196 Å². The lowest BCUT2D eigenvalue weighted by Crippen LogP contribution is -1.97. The van der Waals surface area contributed by atoms with Crippen molar-refractivity contribution in [1.29, 1.82) is 0 Å². The molecule has 6 nitrogen and oxygen atoms in total. The molecule has 3 aromatic carbocycles. The second kappa shape index (κ2) is 8.33. The van der Waals surface area contributed by atoms with Gasteiger partial charge in [0.2, 0.25) is 0 Å². The van der Waals surface area contributed by atoms with Crippen LogP contribution in [0.4, 0.5) is 0 Å². The Morgan fingerprint density at radius 2 is 1.59 bits per heavy atom. The van der Waals surface area contributed by atoms with Gasteiger partial charge in [0.1, 0.15) is 5.75 Å². The number of ether oxygens (including phenoxy) is 2. The van der Waals surface area contributed by atoms with Gasteiger partial charge in [-0.25, -0.2) is 9.97 Å². The number of methoxy groups -OCH3 is 1. The van der Waals surface area contributed by atoms with Crippen LogP contribution in [-0.4, -0.2) is 26.6 Å². The molecule has 0 atom stereocenters. The van der Waals surface area contributed by atoms with E-state index in [0.29, 0.717) is 17.4 Å². The second-order valence-electron chi connectivity index (χ2n) is 7.79. The van der Waals surface area contributed by atoms with Crippen molar-refractivity contribution >= 4 is 21.8 Å². The lowest BCUT2D eigenvalue weighted by Gasteiger charge is -2.10. The summed E-state index contributed by atoms with van der Waals surface area (Å²) in [7, 11) is 1.60. The molecule has 6 aromatic rings. The Balaban J connectivity index is 1.48. The van der Waals surface area contributed by atoms with Gasteiger partial charge in [-0.15, -0.1) is 0 Å². The van der Waals surface area contributed by atoms with Crippen LogP contribution in [0.3, 0.4) is 0 Å². The molecule has 0 N–H and O–H groups in total. The molecule has 0 radical (unpaired) electrons. The Kier molecular flexibility index (Phi) is 4.88. The standard InChI is InChI=1S/C28H20N4O2/c1-33-26-10-5-13-31-28(26)34-21-7-4-6-19(16-21)20-11-12-23-22-8-2-3-9-24(22)32(25(23)17-20)27-18-29-14-15-30-27/h2-18H,1H3. The molecule has 0 aliphatic carbocycles. The average Bonchev–Trinajstić information content (AvgIpc) is 3.23. The van der Waals surface area contributed by atoms with Crippen molar-refractivity contribution in [3.63, 3.8) is 0 Å². The van der Waals surface area contributed by atoms with Gasteiger partial charge in [0.15, 0.2) is 11.6 Å². The zero-order valence-electron chi connectivity index (χ0n) is 18.4. The summed E-state index contributed by atoms with van der Waals surface area (Å²) in [5.74, 6) is 2.48. The fourth-order valence-corrected chi connectivity index (χ4v) is 4.26. The van der Waals surface area contributed by atoms with E-state index in [2.05, 4.69) is 62.0 Å². The smallest absolute Gasteiger partial charge is 0.262 e. The number of pyridine rings is 1. The highest BCUT2D eigenvalue weighted by molar-refractivity contribution is 6.10. The Bertz CT molecular complexity index is 1630. The molecule has 0 fully saturated rings. The van der Waals surface area contributed by atoms with Gasteiger partial charge in [-0.05, 0) is 47.5 Å². The van der Waals surface area contributed by atoms with Crippen molar-refractivity contribution in [2.24, 2.45) is 0 Å². The first-order valence-electron chi connectivity index (χ1n) is 10.9. The van der Waals surface area contributed by atoms with Gasteiger partial charge in [-0.1, -0.05) is 42.5 Å². The molecule has 6 rings (SSSR count). The molecule has 34 heavy (non-hydrogen) atoms. The van der Waals surface area contributed by atoms with Crippen LogP contribution >= 0.6 is 0 Å². The number of aromatic nitrogens is 4. The van der Waals surface area contributed by atoms with Crippen molar-refractivity contribution in [2.75, 3.05) is 7.11 Å². The third-order valence-electron chi connectivity index (χ3n) is 5.79. The number of para-hydroxylation sites is 1. The van der Waals surface area contributed by atoms with Crippen LogP contribution in [0.1, 0.15) is 0 Å². The van der Waals surface area contributed by atoms with Crippen LogP contribution in [0.15, 0.2) is 104 Å². The van der Waals surface area contributed by atoms with E-state index in [9.17, 15) is 0 Å². The first-order valence-corrected chi connectivity index (χ1v) is 10.9. The zero-order valence-corrected chi connectivity index (χ0v) is 18.4. The van der Waals surface area contributed by atoms with Gasteiger partial charge >= 0.3 is 0 Å². The second-order valence-corrected chi connectivity index (χ2v) is 7.79. The fraction of sp³-hybridized carbons (Fsp3) is 0.0357. The number of hydrogen-bond donors (Lipinski definition) is 0. The van der Waals surface area contributed by atoms with Gasteiger partial charge in [0.25, 0.3) is 5.88 Å². The zero-order chi connectivity index (χ0) is 22.9. The molecule has 3 heterocycles. The maximum atomic E-state index is 6.03. The SMILES string of the molecule is COc1cccnc1Oc1cccc(-c2ccc3c4ccccc4n(-c4cnccn4)c3c2)c1. The first kappa shape index (κ1) is 19.9. The monoisotopic (exact) mass is 444 g/mol. The number of benzene rings is 3. The topological polar surface area (TPSA) is 62.1 Å². The summed E-state index contributed by atoms with van der Waals surface area (Å²) in [6, 6.07) is 26.4. The third-order valence-corrected chi connectivity index (χ3v) is 5.79. The summed E-state index contributed by atoms with van der Waals surface area (Å²) in [4.78, 5) is 13.1. The van der Waals surface area contributed by atoms with E-state index in [1.807, 2.05) is 36.4 Å². The summed E-state index contributed by atoms with van der Waals surface area (Å²) in [6.45, 7) is 0. The minimum absolute atomic E-state index is 0.431. The van der Waals surface area contributed by atoms with E-state index in [-0.39, 0.29) is 0 Å². The van der Waals surface area contributed by atoms with Gasteiger partial charge in [-0.3, -0.25) is 9.55 Å². The van der Waals surface area contributed by atoms with Gasteiger partial charge in [-0.2, -0.15) is 0 Å². The van der Waals surface area contributed by atoms with Crippen molar-refractivity contribution in [2.45, 2.75) is 0 Å². The highest BCUT2D eigenvalue weighted by Crippen LogP contribution is 2.36. The van der Waals surface area contributed by atoms with E-state index < -0.39 is 0 Å². The largest absolute Gasteiger partial charge is 0.491 e. The van der Waals surface area contributed by atoms with E-state index in [0.717, 1.165) is 33.4 Å². The summed E-state index contributed by atoms with van der Waals surface area (Å²) in [5.41, 5.74) is 4.26. The quantitative estimate of drug-likeness (QED) is 0.306. The van der Waals surface area contributed by atoms with Crippen LogP contribution in [-0.2, 0) is 0 Å². The minimum atomic E-state index is 0.431. The minimum Gasteiger partial charge on any atom is -0.491 e. The molecule has 6 heteroatoms. The van der Waals surface area contributed by atoms with Crippen LogP contribution in [0.2, 0.25) is 0 Å². The summed E-state index contributed by atoms with van der Waals surface area (Å²) < 4.78 is 13.5. The average molecular weight is 444 g/mol. The maximum Gasteiger partial charge on any atom is 0.262 e. The molecule has 0 unspecified atom stereocenters. The van der Waals surface area contributed by atoms with Crippen LogP contribution < -0.4 is 9.47 Å². The molecule has 0 saturated heterocycles. The van der Waals surface area contributed by atoms with Gasteiger partial charge < -0.3 is 9.47 Å². The molecular weight excluding hydrogens is 424 g/mol. The highest BCUT2D eigenvalue weighted by atomic mass is 16.5. The number of nitrogens with zero attached hydrogens (tertiary/aromatic N) is 4. The molecule has 164 valence electrons. The van der Waals surface area contributed by atoms with Crippen LogP contribution in [0.5, 0.6) is 17.4 Å². The molecule has 0 spiro atoms. The number of rotatable bonds is 5. The van der Waals surface area contributed by atoms with Crippen molar-refractivity contribution in [3.8, 4) is 34.3 Å². The Morgan fingerprint density at radius 3 is 2.47 bits per heavy atom. The Morgan fingerprint density at radius 1 is 0.706 bits per heavy atom. The van der Waals surface area contributed by atoms with E-state index in [1.54, 1.807) is 31.9 Å². The number of hydrogen-bond acceptors (Lipinski definition) is 5. The summed E-state index contributed by atoms with van der Waals surface area (Å²) in [6.07, 6.45) is 6.87. The maximum absolute atomic E-state index is 6.03. The molecule has 0 amide bonds. The lowest BCUT2D eigenvalue weighted by atomic mass is 10.0. The molecule has 0 saturated carbocycles. The molecule has 3 aromatic heterocycles. The molecule has 0 aliphatic rings. The summed E-state index contributed by atoms with van der Waals surface area (Å²) in [5, 5.41) is 2.34. The first-order chi connectivity index (χ1) is 16.8. The van der Waals surface area contributed by atoms with E-state index >= 15 is 0 Å². The van der Waals surface area contributed by atoms with E-state index in [1.165, 1.54) is 5.39 Å². The molecule has 0 bridgehead atoms. The third kappa shape index (κ3) is 3.42. The van der Waals surface area contributed by atoms with E-state index in [4.69, 9.17) is 9.47 Å². The van der Waals surface area contributed by atoms with Crippen LogP contribution in [0, 0.1) is 0 Å². The fourth-order valence-electron chi connectivity index (χ4n) is 4.26. The van der Waals surface area contributed by atoms with Gasteiger partial charge in [0.05, 0.1) is 24.3 Å². The summed E-state index contributed by atoms with van der Waals surface area (Å²) >= 11 is 0. The lowest BCUT2D eigenvalue weighted by molar-refractivity contribution is 0.369. The predicted molar refractivity (Wildman–Crippen MR) is 133 cm³/mol. The van der Waals surface area contributed by atoms with Crippen LogP contribution in [0.25, 0.3) is 38.8 Å². The van der Waals surface area contributed by atoms with Crippen molar-refractivity contribution in [1.82, 2.24) is 19.5 Å².